The van der Waals surface area contributed by atoms with Gasteiger partial charge in [-0.15, -0.1) is 0 Å². The van der Waals surface area contributed by atoms with E-state index in [1.165, 1.54) is 32.9 Å². The van der Waals surface area contributed by atoms with Gasteiger partial charge in [-0.25, -0.2) is 9.97 Å². The first-order valence-corrected chi connectivity index (χ1v) is 19.0. The van der Waals surface area contributed by atoms with Crippen LogP contribution in [0.1, 0.15) is 0 Å². The van der Waals surface area contributed by atoms with Crippen LogP contribution in [-0.4, -0.2) is 19.1 Å². The molecule has 0 fully saturated rings. The molecule has 0 spiro atoms. The van der Waals surface area contributed by atoms with Crippen LogP contribution in [0.5, 0.6) is 0 Å². The number of fused-ring (bicyclic) bond motifs is 6. The van der Waals surface area contributed by atoms with Gasteiger partial charge in [0, 0.05) is 38.7 Å². The van der Waals surface area contributed by atoms with Crippen LogP contribution >= 0.6 is 0 Å². The molecular weight excluding hydrogens is 681 g/mol. The molecule has 262 valence electrons. The Kier molecular flexibility index (Phi) is 7.46. The lowest BCUT2D eigenvalue weighted by molar-refractivity contribution is 1.15. The molecule has 0 aliphatic heterocycles. The first kappa shape index (κ1) is 31.9. The van der Waals surface area contributed by atoms with Gasteiger partial charge in [0.2, 0.25) is 0 Å². The van der Waals surface area contributed by atoms with Gasteiger partial charge in [-0.05, 0) is 76.9 Å². The summed E-state index contributed by atoms with van der Waals surface area (Å²) in [6, 6.07) is 73.2. The Morgan fingerprint density at radius 3 is 1.46 bits per heavy atom. The number of para-hydroxylation sites is 2. The van der Waals surface area contributed by atoms with Gasteiger partial charge < -0.3 is 9.13 Å². The van der Waals surface area contributed by atoms with E-state index in [1.807, 2.05) is 24.3 Å². The van der Waals surface area contributed by atoms with Crippen molar-refractivity contribution in [2.24, 2.45) is 0 Å². The summed E-state index contributed by atoms with van der Waals surface area (Å²) >= 11 is 0. The van der Waals surface area contributed by atoms with Crippen LogP contribution in [0.15, 0.2) is 206 Å². The fourth-order valence-electron chi connectivity index (χ4n) is 8.30. The summed E-state index contributed by atoms with van der Waals surface area (Å²) in [6.45, 7) is 0. The van der Waals surface area contributed by atoms with Crippen molar-refractivity contribution in [3.05, 3.63) is 206 Å². The molecule has 0 saturated carbocycles. The van der Waals surface area contributed by atoms with E-state index in [4.69, 9.17) is 9.97 Å². The minimum atomic E-state index is 0.709. The molecule has 0 aliphatic carbocycles. The second-order valence-electron chi connectivity index (χ2n) is 14.2. The Bertz CT molecular complexity index is 3200. The van der Waals surface area contributed by atoms with Gasteiger partial charge >= 0.3 is 0 Å². The minimum absolute atomic E-state index is 0.709. The van der Waals surface area contributed by atoms with Crippen molar-refractivity contribution >= 4 is 43.7 Å². The van der Waals surface area contributed by atoms with Crippen LogP contribution in [0.4, 0.5) is 0 Å². The lowest BCUT2D eigenvalue weighted by Crippen LogP contribution is -1.99. The van der Waals surface area contributed by atoms with Crippen molar-refractivity contribution in [2.45, 2.75) is 0 Å². The van der Waals surface area contributed by atoms with Crippen molar-refractivity contribution in [2.75, 3.05) is 0 Å². The van der Waals surface area contributed by atoms with E-state index in [1.54, 1.807) is 0 Å². The average molecular weight is 715 g/mol. The molecule has 0 radical (unpaired) electrons. The number of hydrogen-bond donors (Lipinski definition) is 0. The molecular formula is C52H34N4. The maximum atomic E-state index is 5.34. The van der Waals surface area contributed by atoms with E-state index >= 15 is 0 Å². The summed E-state index contributed by atoms with van der Waals surface area (Å²) in [5.74, 6) is 0.709. The zero-order valence-electron chi connectivity index (χ0n) is 30.4. The second-order valence-corrected chi connectivity index (χ2v) is 14.2. The van der Waals surface area contributed by atoms with E-state index in [2.05, 4.69) is 191 Å². The third-order valence-electron chi connectivity index (χ3n) is 10.9. The largest absolute Gasteiger partial charge is 0.309 e. The summed E-state index contributed by atoms with van der Waals surface area (Å²) < 4.78 is 4.70. The molecule has 4 nitrogen and oxygen atoms in total. The third kappa shape index (κ3) is 5.23. The quantitative estimate of drug-likeness (QED) is 0.172. The van der Waals surface area contributed by atoms with Gasteiger partial charge in [0.25, 0.3) is 0 Å². The average Bonchev–Trinajstić information content (AvgIpc) is 3.79. The fourth-order valence-corrected chi connectivity index (χ4v) is 8.30. The Balaban J connectivity index is 1.08. The highest BCUT2D eigenvalue weighted by atomic mass is 15.0. The molecule has 0 amide bonds. The molecule has 3 aromatic heterocycles. The van der Waals surface area contributed by atoms with E-state index in [9.17, 15) is 0 Å². The Morgan fingerprint density at radius 1 is 0.304 bits per heavy atom. The molecule has 0 aliphatic rings. The molecule has 0 atom stereocenters. The molecule has 3 heterocycles. The lowest BCUT2D eigenvalue weighted by Gasteiger charge is -2.12. The van der Waals surface area contributed by atoms with E-state index in [0.29, 0.717) is 5.82 Å². The van der Waals surface area contributed by atoms with Crippen molar-refractivity contribution in [1.29, 1.82) is 0 Å². The van der Waals surface area contributed by atoms with Crippen LogP contribution in [0.2, 0.25) is 0 Å². The second kappa shape index (κ2) is 13.1. The van der Waals surface area contributed by atoms with Crippen LogP contribution in [-0.2, 0) is 0 Å². The molecule has 0 N–H and O–H groups in total. The monoisotopic (exact) mass is 714 g/mol. The van der Waals surface area contributed by atoms with Gasteiger partial charge in [-0.2, -0.15) is 0 Å². The summed E-state index contributed by atoms with van der Waals surface area (Å²) in [7, 11) is 0. The Morgan fingerprint density at radius 2 is 0.786 bits per heavy atom. The number of aromatic nitrogens is 4. The van der Waals surface area contributed by atoms with E-state index < -0.39 is 0 Å². The maximum absolute atomic E-state index is 5.34. The van der Waals surface area contributed by atoms with Crippen molar-refractivity contribution in [3.63, 3.8) is 0 Å². The molecule has 0 bridgehead atoms. The molecule has 11 rings (SSSR count). The predicted molar refractivity (Wildman–Crippen MR) is 232 cm³/mol. The van der Waals surface area contributed by atoms with Gasteiger partial charge in [0.05, 0.1) is 27.8 Å². The zero-order chi connectivity index (χ0) is 37.0. The maximum Gasteiger partial charge on any atom is 0.160 e. The van der Waals surface area contributed by atoms with Crippen LogP contribution in [0, 0.1) is 0 Å². The van der Waals surface area contributed by atoms with Crippen molar-refractivity contribution in [1.82, 2.24) is 19.1 Å². The number of rotatable bonds is 6. The number of nitrogens with zero attached hydrogens (tertiary/aromatic N) is 4. The fraction of sp³-hybridized carbons (Fsp3) is 0. The summed E-state index contributed by atoms with van der Waals surface area (Å²) in [4.78, 5) is 10.6. The molecule has 0 unspecified atom stereocenters. The molecule has 11 aromatic rings. The molecule has 56 heavy (non-hydrogen) atoms. The van der Waals surface area contributed by atoms with Gasteiger partial charge in [-0.3, -0.25) is 0 Å². The van der Waals surface area contributed by atoms with Gasteiger partial charge in [0.15, 0.2) is 5.82 Å². The number of benzene rings is 8. The lowest BCUT2D eigenvalue weighted by atomic mass is 10.0. The highest BCUT2D eigenvalue weighted by Crippen LogP contribution is 2.40. The van der Waals surface area contributed by atoms with E-state index in [0.717, 1.165) is 61.3 Å². The third-order valence-corrected chi connectivity index (χ3v) is 10.9. The Hall–Kier alpha value is -7.56. The molecule has 8 aromatic carbocycles. The van der Waals surface area contributed by atoms with Crippen molar-refractivity contribution in [3.8, 4) is 56.3 Å². The summed E-state index contributed by atoms with van der Waals surface area (Å²) in [5, 5.41) is 3.58. The van der Waals surface area contributed by atoms with Gasteiger partial charge in [0.1, 0.15) is 5.52 Å². The van der Waals surface area contributed by atoms with Crippen molar-refractivity contribution < 1.29 is 0 Å². The Labute approximate surface area is 324 Å². The number of hydrogen-bond acceptors (Lipinski definition) is 2. The van der Waals surface area contributed by atoms with Crippen LogP contribution < -0.4 is 0 Å². The molecule has 4 heteroatoms. The van der Waals surface area contributed by atoms with Crippen LogP contribution in [0.25, 0.3) is 100 Å². The first-order valence-electron chi connectivity index (χ1n) is 19.0. The summed E-state index contributed by atoms with van der Waals surface area (Å²) in [5.41, 5.74) is 15.2. The predicted octanol–water partition coefficient (Wildman–Crippen LogP) is 13.3. The summed E-state index contributed by atoms with van der Waals surface area (Å²) in [6.07, 6.45) is 0. The topological polar surface area (TPSA) is 35.6 Å². The van der Waals surface area contributed by atoms with E-state index in [-0.39, 0.29) is 0 Å². The highest BCUT2D eigenvalue weighted by molar-refractivity contribution is 6.13. The van der Waals surface area contributed by atoms with Gasteiger partial charge in [-0.1, -0.05) is 152 Å². The zero-order valence-corrected chi connectivity index (χ0v) is 30.4. The SMILES string of the molecule is c1ccc(-c2ccc3c(c2)c2ccccc2n3-c2ccc(-c3ccc4c(c3)c3nc(-c5ccccc5)nc(-c5ccccc5)c3n4-c3ccccc3)cc2)cc1. The first-order chi connectivity index (χ1) is 27.8. The molecule has 0 saturated heterocycles. The highest BCUT2D eigenvalue weighted by Gasteiger charge is 2.22. The smallest absolute Gasteiger partial charge is 0.160 e. The normalized spacial score (nSPS) is 11.6. The minimum Gasteiger partial charge on any atom is -0.309 e. The van der Waals surface area contributed by atoms with Crippen LogP contribution in [0.3, 0.4) is 0 Å². The standard InChI is InChI=1S/C52H34N4/c1-5-15-35(16-6-1)39-27-31-47-44(33-39)43-23-13-14-24-46(43)55(47)42-29-25-36(26-30-42)40-28-32-48-45(34-40)50-51(56(48)41-21-11-4-12-22-41)49(37-17-7-2-8-18-37)53-52(54-50)38-19-9-3-10-20-38/h1-34H.